The molecule has 78 valence electrons. The van der Waals surface area contributed by atoms with Gasteiger partial charge < -0.3 is 5.32 Å². The van der Waals surface area contributed by atoms with Crippen molar-refractivity contribution in [2.75, 3.05) is 12.4 Å². The van der Waals surface area contributed by atoms with E-state index >= 15 is 0 Å². The molecule has 2 rings (SSSR count). The fourth-order valence-corrected chi connectivity index (χ4v) is 1.33. The molecule has 0 bridgehead atoms. The predicted molar refractivity (Wildman–Crippen MR) is 55.9 cm³/mol. The smallest absolute Gasteiger partial charge is 0.294 e. The molecule has 0 unspecified atom stereocenters. The number of benzene rings is 1. The standard InChI is InChI=1S/C10H10FN3O/c1-12-9-6-13-14(10(9)15)8-4-2-7(11)3-5-8/h2-6,12-13H,1H3. The summed E-state index contributed by atoms with van der Waals surface area (Å²) in [6.45, 7) is 0. The molecule has 0 aliphatic rings. The molecule has 2 aromatic rings. The van der Waals surface area contributed by atoms with Crippen molar-refractivity contribution in [1.29, 1.82) is 0 Å². The maximum Gasteiger partial charge on any atom is 0.294 e. The minimum absolute atomic E-state index is 0.191. The van der Waals surface area contributed by atoms with Crippen molar-refractivity contribution in [3.05, 3.63) is 46.6 Å². The van der Waals surface area contributed by atoms with E-state index < -0.39 is 0 Å². The van der Waals surface area contributed by atoms with Crippen molar-refractivity contribution in [2.24, 2.45) is 0 Å². The van der Waals surface area contributed by atoms with Crippen LogP contribution in [-0.2, 0) is 0 Å². The van der Waals surface area contributed by atoms with Crippen LogP contribution in [0.3, 0.4) is 0 Å². The second-order valence-electron chi connectivity index (χ2n) is 3.05. The van der Waals surface area contributed by atoms with Crippen LogP contribution in [0.5, 0.6) is 0 Å². The Morgan fingerprint density at radius 2 is 2.00 bits per heavy atom. The van der Waals surface area contributed by atoms with Crippen LogP contribution in [0.1, 0.15) is 0 Å². The van der Waals surface area contributed by atoms with Crippen molar-refractivity contribution in [2.45, 2.75) is 0 Å². The third-order valence-electron chi connectivity index (χ3n) is 2.13. The molecule has 0 saturated heterocycles. The highest BCUT2D eigenvalue weighted by molar-refractivity contribution is 5.41. The van der Waals surface area contributed by atoms with E-state index in [4.69, 9.17) is 0 Å². The highest BCUT2D eigenvalue weighted by atomic mass is 19.1. The van der Waals surface area contributed by atoms with E-state index in [2.05, 4.69) is 10.4 Å². The van der Waals surface area contributed by atoms with E-state index in [0.29, 0.717) is 11.4 Å². The van der Waals surface area contributed by atoms with Gasteiger partial charge in [-0.2, -0.15) is 0 Å². The van der Waals surface area contributed by atoms with Crippen LogP contribution in [0, 0.1) is 5.82 Å². The minimum Gasteiger partial charge on any atom is -0.382 e. The molecule has 1 aromatic heterocycles. The summed E-state index contributed by atoms with van der Waals surface area (Å²) in [5.41, 5.74) is 0.881. The normalized spacial score (nSPS) is 10.3. The Hall–Kier alpha value is -2.04. The molecule has 0 amide bonds. The lowest BCUT2D eigenvalue weighted by Gasteiger charge is -2.00. The zero-order valence-electron chi connectivity index (χ0n) is 8.12. The van der Waals surface area contributed by atoms with E-state index in [1.54, 1.807) is 13.2 Å². The minimum atomic E-state index is -0.327. The number of rotatable bonds is 2. The van der Waals surface area contributed by atoms with Gasteiger partial charge in [-0.3, -0.25) is 9.89 Å². The third kappa shape index (κ3) is 1.63. The molecule has 0 aliphatic heterocycles. The number of aromatic nitrogens is 2. The highest BCUT2D eigenvalue weighted by Crippen LogP contribution is 2.07. The summed E-state index contributed by atoms with van der Waals surface area (Å²) in [6, 6.07) is 5.68. The van der Waals surface area contributed by atoms with Gasteiger partial charge in [0.2, 0.25) is 0 Å². The molecule has 1 heterocycles. The van der Waals surface area contributed by atoms with Gasteiger partial charge >= 0.3 is 0 Å². The van der Waals surface area contributed by atoms with Gasteiger partial charge in [-0.25, -0.2) is 9.07 Å². The molecule has 1 aromatic carbocycles. The van der Waals surface area contributed by atoms with E-state index in [1.807, 2.05) is 0 Å². The van der Waals surface area contributed by atoms with Crippen molar-refractivity contribution < 1.29 is 4.39 Å². The van der Waals surface area contributed by atoms with Crippen molar-refractivity contribution >= 4 is 5.69 Å². The highest BCUT2D eigenvalue weighted by Gasteiger charge is 2.05. The van der Waals surface area contributed by atoms with Gasteiger partial charge in [-0.1, -0.05) is 0 Å². The summed E-state index contributed by atoms with van der Waals surface area (Å²) in [7, 11) is 1.67. The Labute approximate surface area is 85.3 Å². The van der Waals surface area contributed by atoms with Crippen molar-refractivity contribution in [1.82, 2.24) is 9.78 Å². The number of aromatic amines is 1. The topological polar surface area (TPSA) is 49.8 Å². The average Bonchev–Trinajstić information content (AvgIpc) is 2.61. The monoisotopic (exact) mass is 207 g/mol. The molecule has 0 aliphatic carbocycles. The number of hydrogen-bond acceptors (Lipinski definition) is 2. The van der Waals surface area contributed by atoms with Crippen LogP contribution in [0.2, 0.25) is 0 Å². The van der Waals surface area contributed by atoms with E-state index in [0.717, 1.165) is 0 Å². The lowest BCUT2D eigenvalue weighted by atomic mass is 10.3. The summed E-state index contributed by atoms with van der Waals surface area (Å²) in [6.07, 6.45) is 1.56. The summed E-state index contributed by atoms with van der Waals surface area (Å²) in [4.78, 5) is 11.7. The maximum absolute atomic E-state index is 12.7. The van der Waals surface area contributed by atoms with Crippen LogP contribution >= 0.6 is 0 Å². The number of halogens is 1. The first-order valence-electron chi connectivity index (χ1n) is 4.46. The molecule has 0 fully saturated rings. The number of nitrogens with zero attached hydrogens (tertiary/aromatic N) is 1. The van der Waals surface area contributed by atoms with E-state index in [-0.39, 0.29) is 11.4 Å². The number of H-pyrrole nitrogens is 1. The van der Waals surface area contributed by atoms with Gasteiger partial charge in [0.05, 0.1) is 5.69 Å². The molecule has 0 atom stereocenters. The fourth-order valence-electron chi connectivity index (χ4n) is 1.33. The summed E-state index contributed by atoms with van der Waals surface area (Å²) in [5.74, 6) is -0.327. The zero-order chi connectivity index (χ0) is 10.8. The Kier molecular flexibility index (Phi) is 2.29. The Morgan fingerprint density at radius 1 is 1.33 bits per heavy atom. The molecular formula is C10H10FN3O. The first-order valence-corrected chi connectivity index (χ1v) is 4.46. The van der Waals surface area contributed by atoms with Gasteiger partial charge in [0.15, 0.2) is 0 Å². The van der Waals surface area contributed by atoms with Gasteiger partial charge in [-0.15, -0.1) is 0 Å². The molecule has 15 heavy (non-hydrogen) atoms. The summed E-state index contributed by atoms with van der Waals surface area (Å²) in [5, 5.41) is 5.54. The van der Waals surface area contributed by atoms with Gasteiger partial charge in [-0.05, 0) is 24.3 Å². The van der Waals surface area contributed by atoms with E-state index in [9.17, 15) is 9.18 Å². The third-order valence-corrected chi connectivity index (χ3v) is 2.13. The van der Waals surface area contributed by atoms with Crippen LogP contribution in [0.4, 0.5) is 10.1 Å². The quantitative estimate of drug-likeness (QED) is 0.780. The lowest BCUT2D eigenvalue weighted by Crippen LogP contribution is -2.16. The van der Waals surface area contributed by atoms with Crippen LogP contribution < -0.4 is 10.9 Å². The number of nitrogens with one attached hydrogen (secondary N) is 2. The molecule has 0 saturated carbocycles. The van der Waals surface area contributed by atoms with Crippen LogP contribution in [0.15, 0.2) is 35.3 Å². The molecule has 4 nitrogen and oxygen atoms in total. The Balaban J connectivity index is 2.50. The largest absolute Gasteiger partial charge is 0.382 e. The molecular weight excluding hydrogens is 197 g/mol. The Morgan fingerprint density at radius 3 is 2.53 bits per heavy atom. The summed E-state index contributed by atoms with van der Waals surface area (Å²) < 4.78 is 14.0. The fraction of sp³-hybridized carbons (Fsp3) is 0.100. The van der Waals surface area contributed by atoms with Gasteiger partial charge in [0.25, 0.3) is 5.56 Å². The predicted octanol–water partition coefficient (Wildman–Crippen LogP) is 1.35. The molecule has 2 N–H and O–H groups in total. The molecule has 5 heteroatoms. The van der Waals surface area contributed by atoms with Gasteiger partial charge in [0.1, 0.15) is 11.5 Å². The van der Waals surface area contributed by atoms with Gasteiger partial charge in [0, 0.05) is 13.2 Å². The van der Waals surface area contributed by atoms with E-state index in [1.165, 1.54) is 28.9 Å². The zero-order valence-corrected chi connectivity index (χ0v) is 8.12. The lowest BCUT2D eigenvalue weighted by molar-refractivity contribution is 0.627. The number of anilines is 1. The second-order valence-corrected chi connectivity index (χ2v) is 3.05. The maximum atomic E-state index is 12.7. The first-order chi connectivity index (χ1) is 7.22. The molecule has 0 spiro atoms. The average molecular weight is 207 g/mol. The second kappa shape index (κ2) is 3.61. The summed E-state index contributed by atoms with van der Waals surface area (Å²) >= 11 is 0. The first kappa shape index (κ1) is 9.51. The van der Waals surface area contributed by atoms with Crippen LogP contribution in [-0.4, -0.2) is 16.8 Å². The Bertz CT molecular complexity index is 512. The van der Waals surface area contributed by atoms with Crippen molar-refractivity contribution in [3.8, 4) is 5.69 Å². The van der Waals surface area contributed by atoms with Crippen LogP contribution in [0.25, 0.3) is 5.69 Å². The number of hydrogen-bond donors (Lipinski definition) is 2. The SMILES string of the molecule is CNc1c[nH]n(-c2ccc(F)cc2)c1=O. The molecule has 0 radical (unpaired) electrons. The van der Waals surface area contributed by atoms with Crippen molar-refractivity contribution in [3.63, 3.8) is 0 Å².